The molecule has 0 aromatic heterocycles. The van der Waals surface area contributed by atoms with Gasteiger partial charge in [-0.05, 0) is 53.5 Å². The van der Waals surface area contributed by atoms with Gasteiger partial charge in [-0.3, -0.25) is 4.79 Å². The number of hydrogen-bond donors (Lipinski definition) is 0. The number of ether oxygens (including phenoxy) is 1. The molecule has 3 rings (SSSR count). The summed E-state index contributed by atoms with van der Waals surface area (Å²) < 4.78 is 44.2. The second-order valence-electron chi connectivity index (χ2n) is 8.77. The number of sulfone groups is 1. The molecule has 0 radical (unpaired) electrons. The summed E-state index contributed by atoms with van der Waals surface area (Å²) in [6.07, 6.45) is 1.65. The highest BCUT2D eigenvalue weighted by atomic mass is 32.2. The molecule has 0 bridgehead atoms. The average Bonchev–Trinajstić information content (AvgIpc) is 3.17. The van der Waals surface area contributed by atoms with Gasteiger partial charge in [0.15, 0.2) is 9.84 Å². The molecule has 2 atom stereocenters. The lowest BCUT2D eigenvalue weighted by molar-refractivity contribution is -0.145. The van der Waals surface area contributed by atoms with E-state index in [2.05, 4.69) is 0 Å². The second-order valence-corrected chi connectivity index (χ2v) is 10.9. The van der Waals surface area contributed by atoms with Gasteiger partial charge < -0.3 is 14.0 Å². The van der Waals surface area contributed by atoms with Crippen LogP contribution in [0.5, 0.6) is 0 Å². The number of esters is 1. The Morgan fingerprint density at radius 2 is 1.75 bits per heavy atom. The molecule has 1 aromatic rings. The molecular weight excluding hydrogens is 379 g/mol. The number of benzene rings is 1. The molecule has 1 saturated heterocycles. The molecule has 1 aliphatic heterocycles. The molecule has 1 aromatic carbocycles. The van der Waals surface area contributed by atoms with Crippen molar-refractivity contribution < 1.29 is 27.3 Å². The van der Waals surface area contributed by atoms with Gasteiger partial charge in [-0.15, -0.1) is 0 Å². The van der Waals surface area contributed by atoms with Gasteiger partial charge in [0, 0.05) is 5.46 Å². The van der Waals surface area contributed by atoms with Crippen LogP contribution in [0, 0.1) is 12.8 Å². The normalized spacial score (nSPS) is 26.4. The molecule has 0 N–H and O–H groups in total. The van der Waals surface area contributed by atoms with E-state index in [1.165, 1.54) is 7.11 Å². The molecule has 2 fully saturated rings. The van der Waals surface area contributed by atoms with Crippen LogP contribution in [0.15, 0.2) is 23.1 Å². The Hall–Kier alpha value is -1.38. The predicted molar refractivity (Wildman–Crippen MR) is 107 cm³/mol. The Morgan fingerprint density at radius 3 is 2.32 bits per heavy atom. The van der Waals surface area contributed by atoms with Gasteiger partial charge in [-0.2, -0.15) is 0 Å². The molecule has 1 heterocycles. The first-order valence-electron chi connectivity index (χ1n) is 9.68. The van der Waals surface area contributed by atoms with E-state index < -0.39 is 45.3 Å². The van der Waals surface area contributed by atoms with Gasteiger partial charge in [-0.1, -0.05) is 24.1 Å². The second kappa shape index (κ2) is 7.15. The maximum atomic E-state index is 13.6. The zero-order chi connectivity index (χ0) is 20.9. The molecule has 2 aliphatic rings. The highest BCUT2D eigenvalue weighted by molar-refractivity contribution is 7.92. The van der Waals surface area contributed by atoms with E-state index in [-0.39, 0.29) is 4.90 Å². The largest absolute Gasteiger partial charge is 0.496 e. The van der Waals surface area contributed by atoms with E-state index in [1.54, 1.807) is 18.2 Å². The van der Waals surface area contributed by atoms with Gasteiger partial charge in [0.05, 0.1) is 34.4 Å². The lowest BCUT2D eigenvalue weighted by Crippen LogP contribution is -2.41. The summed E-state index contributed by atoms with van der Waals surface area (Å²) in [5, 5.41) is -0.788. The van der Waals surface area contributed by atoms with Gasteiger partial charge in [0.1, 0.15) is 0 Å². The first-order chi connectivity index (χ1) is 12.9. The van der Waals surface area contributed by atoms with Crippen LogP contribution >= 0.6 is 0 Å². The number of carbonyl (C=O) groups is 1. The molecule has 2 unspecified atom stereocenters. The summed E-state index contributed by atoms with van der Waals surface area (Å²) in [7, 11) is -3.25. The molecule has 6 nitrogen and oxygen atoms in total. The number of rotatable bonds is 4. The molecule has 28 heavy (non-hydrogen) atoms. The predicted octanol–water partition coefficient (Wildman–Crippen LogP) is 2.41. The average molecular weight is 408 g/mol. The maximum absolute atomic E-state index is 13.6. The van der Waals surface area contributed by atoms with Gasteiger partial charge >= 0.3 is 13.1 Å². The molecule has 8 heteroatoms. The molecular formula is C20H29BO6S. The highest BCUT2D eigenvalue weighted by Crippen LogP contribution is 2.39. The third-order valence-electron chi connectivity index (χ3n) is 6.33. The van der Waals surface area contributed by atoms with Crippen molar-refractivity contribution in [1.82, 2.24) is 0 Å². The summed E-state index contributed by atoms with van der Waals surface area (Å²) in [5.41, 5.74) is 0.253. The van der Waals surface area contributed by atoms with Crippen LogP contribution in [-0.4, -0.2) is 45.1 Å². The smallest absolute Gasteiger partial charge is 0.469 e. The van der Waals surface area contributed by atoms with Crippen molar-refractivity contribution in [1.29, 1.82) is 0 Å². The van der Waals surface area contributed by atoms with Gasteiger partial charge in [0.2, 0.25) is 0 Å². The van der Waals surface area contributed by atoms with Crippen molar-refractivity contribution in [3.05, 3.63) is 23.8 Å². The van der Waals surface area contributed by atoms with Gasteiger partial charge in [0.25, 0.3) is 0 Å². The van der Waals surface area contributed by atoms with Crippen LogP contribution < -0.4 is 5.46 Å². The van der Waals surface area contributed by atoms with Crippen LogP contribution in [0.4, 0.5) is 0 Å². The van der Waals surface area contributed by atoms with Crippen LogP contribution in [0.2, 0.25) is 0 Å². The van der Waals surface area contributed by atoms with Crippen molar-refractivity contribution in [2.75, 3.05) is 7.11 Å². The molecule has 154 valence electrons. The third-order valence-corrected chi connectivity index (χ3v) is 8.68. The minimum absolute atomic E-state index is 0.178. The summed E-state index contributed by atoms with van der Waals surface area (Å²) in [6.45, 7) is 9.63. The number of methoxy groups -OCH3 is 1. The Morgan fingerprint density at radius 1 is 1.14 bits per heavy atom. The molecule has 1 saturated carbocycles. The lowest BCUT2D eigenvalue weighted by atomic mass is 9.78. The van der Waals surface area contributed by atoms with Crippen molar-refractivity contribution in [3.8, 4) is 0 Å². The van der Waals surface area contributed by atoms with E-state index in [9.17, 15) is 13.2 Å². The van der Waals surface area contributed by atoms with E-state index in [4.69, 9.17) is 14.0 Å². The Kier molecular flexibility index (Phi) is 5.45. The minimum Gasteiger partial charge on any atom is -0.469 e. The number of carbonyl (C=O) groups excluding carboxylic acids is 1. The number of aryl methyl sites for hydroxylation is 1. The van der Waals surface area contributed by atoms with Crippen LogP contribution in [-0.2, 0) is 28.7 Å². The lowest BCUT2D eigenvalue weighted by Gasteiger charge is -2.32. The van der Waals surface area contributed by atoms with Crippen molar-refractivity contribution in [2.24, 2.45) is 5.92 Å². The van der Waals surface area contributed by atoms with E-state index >= 15 is 0 Å². The van der Waals surface area contributed by atoms with Crippen LogP contribution in [0.1, 0.15) is 52.5 Å². The fourth-order valence-electron chi connectivity index (χ4n) is 3.96. The van der Waals surface area contributed by atoms with Crippen molar-refractivity contribution in [3.63, 3.8) is 0 Å². The third kappa shape index (κ3) is 3.50. The maximum Gasteiger partial charge on any atom is 0.496 e. The zero-order valence-electron chi connectivity index (χ0n) is 17.4. The summed E-state index contributed by atoms with van der Waals surface area (Å²) in [4.78, 5) is 12.3. The fraction of sp³-hybridized carbons (Fsp3) is 0.650. The van der Waals surface area contributed by atoms with E-state index in [0.29, 0.717) is 24.7 Å². The monoisotopic (exact) mass is 408 g/mol. The molecule has 0 amide bonds. The Balaban J connectivity index is 2.05. The van der Waals surface area contributed by atoms with Crippen LogP contribution in [0.3, 0.4) is 0 Å². The quantitative estimate of drug-likeness (QED) is 0.563. The molecule has 0 spiro atoms. The van der Waals surface area contributed by atoms with Crippen molar-refractivity contribution >= 4 is 28.4 Å². The topological polar surface area (TPSA) is 78.9 Å². The number of hydrogen-bond acceptors (Lipinski definition) is 6. The Bertz CT molecular complexity index is 861. The minimum atomic E-state index is -3.76. The summed E-state index contributed by atoms with van der Waals surface area (Å²) in [6, 6.07) is 5.18. The Labute approximate surface area is 168 Å². The molecule has 1 aliphatic carbocycles. The zero-order valence-corrected chi connectivity index (χ0v) is 18.3. The first kappa shape index (κ1) is 21.3. The van der Waals surface area contributed by atoms with Gasteiger partial charge in [-0.25, -0.2) is 8.42 Å². The first-order valence-corrected chi connectivity index (χ1v) is 11.2. The summed E-state index contributed by atoms with van der Waals surface area (Å²) >= 11 is 0. The fourth-order valence-corrected chi connectivity index (χ4v) is 6.19. The summed E-state index contributed by atoms with van der Waals surface area (Å²) in [5.74, 6) is -1.10. The van der Waals surface area contributed by atoms with Crippen LogP contribution in [0.25, 0.3) is 0 Å². The van der Waals surface area contributed by atoms with E-state index in [1.807, 2.05) is 34.6 Å². The van der Waals surface area contributed by atoms with Crippen molar-refractivity contribution in [2.45, 2.75) is 75.2 Å². The van der Waals surface area contributed by atoms with E-state index in [0.717, 1.165) is 5.56 Å². The highest BCUT2D eigenvalue weighted by Gasteiger charge is 2.53. The SMILES string of the molecule is COC(=O)C1CCCC1S(=O)(=O)c1ccc(C)cc1B1OC(C)(C)C(C)(C)O1. The standard InChI is InChI=1S/C20H29BO6S/c1-13-10-11-17(15(12-13)21-26-19(2,3)20(4,5)27-21)28(23,24)16-9-7-8-14(16)18(22)25-6/h10-12,14,16H,7-9H2,1-6H3.